The summed E-state index contributed by atoms with van der Waals surface area (Å²) in [6, 6.07) is 12.9. The lowest BCUT2D eigenvalue weighted by molar-refractivity contribution is -0.118. The van der Waals surface area contributed by atoms with Gasteiger partial charge >= 0.3 is 10.2 Å². The number of amides is 2. The lowest BCUT2D eigenvalue weighted by Crippen LogP contribution is -2.53. The second kappa shape index (κ2) is 10.3. The number of piperidine rings is 1. The van der Waals surface area contributed by atoms with Crippen molar-refractivity contribution in [1.82, 2.24) is 14.3 Å². The van der Waals surface area contributed by atoms with E-state index in [0.29, 0.717) is 29.7 Å². The van der Waals surface area contributed by atoms with Gasteiger partial charge in [-0.1, -0.05) is 24.3 Å². The van der Waals surface area contributed by atoms with Gasteiger partial charge < -0.3 is 15.8 Å². The number of ether oxygens (including phenoxy) is 1. The average molecular weight is 479 g/mol. The SMILES string of the molecule is COc1ccccc1C(=O)NCC1(c2cccc(F)c2)CCN(S(=O)(=O)NC(=O)CN)CC1. The molecular weight excluding hydrogens is 451 g/mol. The predicted octanol–water partition coefficient (Wildman–Crippen LogP) is 0.918. The number of nitrogens with zero attached hydrogens (tertiary/aromatic N) is 1. The maximum atomic E-state index is 14.0. The molecule has 1 aliphatic heterocycles. The number of methoxy groups -OCH3 is 1. The summed E-state index contributed by atoms with van der Waals surface area (Å²) in [6.45, 7) is -0.131. The van der Waals surface area contributed by atoms with Crippen molar-refractivity contribution in [2.75, 3.05) is 33.3 Å². The number of carbonyl (C=O) groups is 2. The molecule has 0 aromatic heterocycles. The van der Waals surface area contributed by atoms with Crippen LogP contribution in [-0.4, -0.2) is 57.8 Å². The van der Waals surface area contributed by atoms with Gasteiger partial charge in [-0.25, -0.2) is 9.11 Å². The fourth-order valence-corrected chi connectivity index (χ4v) is 5.13. The number of halogens is 1. The molecule has 0 unspecified atom stereocenters. The van der Waals surface area contributed by atoms with Crippen LogP contribution in [0, 0.1) is 5.82 Å². The van der Waals surface area contributed by atoms with Crippen LogP contribution in [0.3, 0.4) is 0 Å². The van der Waals surface area contributed by atoms with Crippen molar-refractivity contribution in [1.29, 1.82) is 0 Å². The van der Waals surface area contributed by atoms with E-state index < -0.39 is 33.9 Å². The number of para-hydroxylation sites is 1. The zero-order valence-electron chi connectivity index (χ0n) is 18.2. The third-order valence-corrected chi connectivity index (χ3v) is 7.35. The Morgan fingerprint density at radius 1 is 1.15 bits per heavy atom. The van der Waals surface area contributed by atoms with Crippen molar-refractivity contribution in [3.8, 4) is 5.75 Å². The third-order valence-electron chi connectivity index (χ3n) is 5.82. The maximum absolute atomic E-state index is 14.0. The van der Waals surface area contributed by atoms with Gasteiger partial charge in [-0.15, -0.1) is 0 Å². The minimum Gasteiger partial charge on any atom is -0.496 e. The molecule has 1 fully saturated rings. The van der Waals surface area contributed by atoms with E-state index in [1.165, 1.54) is 19.2 Å². The lowest BCUT2D eigenvalue weighted by atomic mass is 9.73. The summed E-state index contributed by atoms with van der Waals surface area (Å²) >= 11 is 0. The number of rotatable bonds is 8. The molecule has 0 atom stereocenters. The Labute approximate surface area is 192 Å². The van der Waals surface area contributed by atoms with Crippen molar-refractivity contribution in [2.45, 2.75) is 18.3 Å². The summed E-state index contributed by atoms with van der Waals surface area (Å²) in [6.07, 6.45) is 0.612. The Balaban J connectivity index is 1.81. The Morgan fingerprint density at radius 3 is 2.48 bits per heavy atom. The van der Waals surface area contributed by atoms with Gasteiger partial charge in [-0.05, 0) is 42.7 Å². The van der Waals surface area contributed by atoms with E-state index in [1.807, 2.05) is 4.72 Å². The topological polar surface area (TPSA) is 131 Å². The Kier molecular flexibility index (Phi) is 7.67. The number of nitrogens with two attached hydrogens (primary N) is 1. The molecule has 3 rings (SSSR count). The summed E-state index contributed by atoms with van der Waals surface area (Å²) < 4.78 is 47.3. The molecule has 2 aromatic carbocycles. The molecule has 33 heavy (non-hydrogen) atoms. The standard InChI is InChI=1S/C22H27FN4O5S/c1-32-19-8-3-2-7-18(19)21(29)25-15-22(16-5-4-6-17(23)13-16)9-11-27(12-10-22)33(30,31)26-20(28)14-24/h2-8,13H,9-12,14-15,24H2,1H3,(H,25,29)(H,26,28). The number of hydrogen-bond acceptors (Lipinski definition) is 6. The number of nitrogens with one attached hydrogen (secondary N) is 2. The van der Waals surface area contributed by atoms with Crippen molar-refractivity contribution in [2.24, 2.45) is 5.73 Å². The second-order valence-corrected chi connectivity index (χ2v) is 9.48. The van der Waals surface area contributed by atoms with E-state index in [0.717, 1.165) is 4.31 Å². The first kappa shape index (κ1) is 24.6. The molecule has 2 amide bonds. The number of hydrogen-bond donors (Lipinski definition) is 3. The maximum Gasteiger partial charge on any atom is 0.303 e. The van der Waals surface area contributed by atoms with Gasteiger partial charge in [0.1, 0.15) is 11.6 Å². The van der Waals surface area contributed by atoms with Gasteiger partial charge in [-0.3, -0.25) is 9.59 Å². The summed E-state index contributed by atoms with van der Waals surface area (Å²) in [5, 5.41) is 2.90. The van der Waals surface area contributed by atoms with Gasteiger partial charge in [0.15, 0.2) is 0 Å². The first-order valence-electron chi connectivity index (χ1n) is 10.4. The fraction of sp³-hybridized carbons (Fsp3) is 0.364. The van der Waals surface area contributed by atoms with E-state index in [1.54, 1.807) is 36.4 Å². The van der Waals surface area contributed by atoms with Crippen LogP contribution < -0.4 is 20.5 Å². The van der Waals surface area contributed by atoms with E-state index in [9.17, 15) is 22.4 Å². The molecule has 0 spiro atoms. The quantitative estimate of drug-likeness (QED) is 0.517. The highest BCUT2D eigenvalue weighted by molar-refractivity contribution is 7.87. The molecule has 4 N–H and O–H groups in total. The molecule has 9 nitrogen and oxygen atoms in total. The zero-order valence-corrected chi connectivity index (χ0v) is 19.0. The highest BCUT2D eigenvalue weighted by Gasteiger charge is 2.40. The average Bonchev–Trinajstić information content (AvgIpc) is 2.82. The third kappa shape index (κ3) is 5.67. The van der Waals surface area contributed by atoms with Crippen LogP contribution in [0.4, 0.5) is 4.39 Å². The Morgan fingerprint density at radius 2 is 1.85 bits per heavy atom. The van der Waals surface area contributed by atoms with E-state index in [-0.39, 0.29) is 25.5 Å². The monoisotopic (exact) mass is 478 g/mol. The van der Waals surface area contributed by atoms with Crippen LogP contribution in [0.5, 0.6) is 5.75 Å². The second-order valence-electron chi connectivity index (χ2n) is 7.81. The summed E-state index contributed by atoms with van der Waals surface area (Å²) in [5.74, 6) is -1.16. The van der Waals surface area contributed by atoms with Crippen molar-refractivity contribution in [3.05, 3.63) is 65.5 Å². The molecule has 1 saturated heterocycles. The first-order valence-corrected chi connectivity index (χ1v) is 11.8. The molecule has 0 aliphatic carbocycles. The fourth-order valence-electron chi connectivity index (χ4n) is 3.97. The van der Waals surface area contributed by atoms with Crippen LogP contribution in [0.25, 0.3) is 0 Å². The molecule has 1 heterocycles. The van der Waals surface area contributed by atoms with Gasteiger partial charge in [0, 0.05) is 25.0 Å². The normalized spacial score (nSPS) is 16.1. The first-order chi connectivity index (χ1) is 15.7. The van der Waals surface area contributed by atoms with Crippen molar-refractivity contribution < 1.29 is 27.1 Å². The minimum absolute atomic E-state index is 0.0776. The molecule has 0 bridgehead atoms. The molecular formula is C22H27FN4O5S. The highest BCUT2D eigenvalue weighted by atomic mass is 32.2. The molecule has 178 valence electrons. The van der Waals surface area contributed by atoms with Gasteiger partial charge in [0.05, 0.1) is 19.2 Å². The van der Waals surface area contributed by atoms with E-state index >= 15 is 0 Å². The van der Waals surface area contributed by atoms with Crippen LogP contribution in [0.2, 0.25) is 0 Å². The van der Waals surface area contributed by atoms with Crippen LogP contribution >= 0.6 is 0 Å². The molecule has 11 heteroatoms. The Bertz CT molecular complexity index is 1120. The van der Waals surface area contributed by atoms with Crippen LogP contribution in [-0.2, 0) is 20.4 Å². The summed E-state index contributed by atoms with van der Waals surface area (Å²) in [4.78, 5) is 24.3. The van der Waals surface area contributed by atoms with Gasteiger partial charge in [0.2, 0.25) is 5.91 Å². The van der Waals surface area contributed by atoms with Gasteiger partial charge in [-0.2, -0.15) is 12.7 Å². The number of carbonyl (C=O) groups excluding carboxylic acids is 2. The predicted molar refractivity (Wildman–Crippen MR) is 120 cm³/mol. The lowest BCUT2D eigenvalue weighted by Gasteiger charge is -2.41. The number of benzene rings is 2. The van der Waals surface area contributed by atoms with Crippen molar-refractivity contribution in [3.63, 3.8) is 0 Å². The van der Waals surface area contributed by atoms with E-state index in [4.69, 9.17) is 10.5 Å². The summed E-state index contributed by atoms with van der Waals surface area (Å²) in [7, 11) is -2.57. The van der Waals surface area contributed by atoms with E-state index in [2.05, 4.69) is 5.32 Å². The smallest absolute Gasteiger partial charge is 0.303 e. The van der Waals surface area contributed by atoms with Crippen LogP contribution in [0.1, 0.15) is 28.8 Å². The molecule has 2 aromatic rings. The Hall–Kier alpha value is -3.02. The zero-order chi connectivity index (χ0) is 24.1. The highest BCUT2D eigenvalue weighted by Crippen LogP contribution is 2.36. The van der Waals surface area contributed by atoms with Crippen molar-refractivity contribution >= 4 is 22.0 Å². The molecule has 0 radical (unpaired) electrons. The van der Waals surface area contributed by atoms with Gasteiger partial charge in [0.25, 0.3) is 5.91 Å². The summed E-state index contributed by atoms with van der Waals surface area (Å²) in [5.41, 5.74) is 5.51. The molecule has 1 aliphatic rings. The molecule has 0 saturated carbocycles. The van der Waals surface area contributed by atoms with Crippen LogP contribution in [0.15, 0.2) is 48.5 Å². The largest absolute Gasteiger partial charge is 0.496 e. The minimum atomic E-state index is -4.04.